The van der Waals surface area contributed by atoms with Crippen LogP contribution in [-0.4, -0.2) is 38.1 Å². The molecule has 1 unspecified atom stereocenters. The Hall–Kier alpha value is -2.20. The number of carbonyl (C=O) groups is 1. The highest BCUT2D eigenvalue weighted by atomic mass is 32.2. The number of primary sulfonamides is 1. The summed E-state index contributed by atoms with van der Waals surface area (Å²) in [6.07, 6.45) is -0.231. The third-order valence-corrected chi connectivity index (χ3v) is 4.55. The van der Waals surface area contributed by atoms with Gasteiger partial charge in [0.05, 0.1) is 16.3 Å². The Morgan fingerprint density at radius 3 is 2.62 bits per heavy atom. The average Bonchev–Trinajstić information content (AvgIpc) is 2.79. The monoisotopic (exact) mass is 314 g/mol. The highest BCUT2D eigenvalue weighted by Crippen LogP contribution is 2.33. The number of hydrogen-bond acceptors (Lipinski definition) is 6. The molecule has 0 spiro atoms. The SMILES string of the molecule is CNc1ccc([N+](=O)[O-])cc1N1CC(S(N)(=O)=O)CC1=O. The number of anilines is 2. The van der Waals surface area contributed by atoms with Crippen molar-refractivity contribution in [3.8, 4) is 0 Å². The van der Waals surface area contributed by atoms with Gasteiger partial charge in [-0.15, -0.1) is 0 Å². The predicted octanol–water partition coefficient (Wildman–Crippen LogP) is 0.0303. The van der Waals surface area contributed by atoms with E-state index >= 15 is 0 Å². The number of nitrogens with zero attached hydrogens (tertiary/aromatic N) is 2. The van der Waals surface area contributed by atoms with E-state index < -0.39 is 26.1 Å². The Morgan fingerprint density at radius 2 is 2.14 bits per heavy atom. The molecule has 1 atom stereocenters. The Labute approximate surface area is 120 Å². The second kappa shape index (κ2) is 5.30. The molecule has 0 bridgehead atoms. The quantitative estimate of drug-likeness (QED) is 0.594. The maximum absolute atomic E-state index is 12.0. The average molecular weight is 314 g/mol. The number of carbonyl (C=O) groups excluding carboxylic acids is 1. The number of nitrogens with two attached hydrogens (primary N) is 1. The minimum absolute atomic E-state index is 0.118. The molecule has 2 rings (SSSR count). The van der Waals surface area contributed by atoms with Crippen molar-refractivity contribution in [2.75, 3.05) is 23.8 Å². The van der Waals surface area contributed by atoms with E-state index in [1.54, 1.807) is 7.05 Å². The van der Waals surface area contributed by atoms with Gasteiger partial charge in [0.2, 0.25) is 15.9 Å². The second-order valence-electron chi connectivity index (χ2n) is 4.63. The van der Waals surface area contributed by atoms with Crippen LogP contribution in [0.25, 0.3) is 0 Å². The van der Waals surface area contributed by atoms with E-state index in [1.165, 1.54) is 23.1 Å². The van der Waals surface area contributed by atoms with Gasteiger partial charge in [-0.2, -0.15) is 0 Å². The fourth-order valence-corrected chi connectivity index (χ4v) is 2.93. The lowest BCUT2D eigenvalue weighted by Gasteiger charge is -2.19. The fourth-order valence-electron chi connectivity index (χ4n) is 2.20. The Bertz CT molecular complexity index is 703. The van der Waals surface area contributed by atoms with Gasteiger partial charge >= 0.3 is 0 Å². The van der Waals surface area contributed by atoms with Crippen molar-refractivity contribution in [3.05, 3.63) is 28.3 Å². The molecule has 0 radical (unpaired) electrons. The molecule has 114 valence electrons. The fraction of sp³-hybridized carbons (Fsp3) is 0.364. The number of amides is 1. The molecule has 1 aromatic rings. The van der Waals surface area contributed by atoms with Gasteiger partial charge in [-0.1, -0.05) is 0 Å². The number of benzene rings is 1. The maximum Gasteiger partial charge on any atom is 0.271 e. The number of non-ortho nitro benzene ring substituents is 1. The van der Waals surface area contributed by atoms with Crippen LogP contribution in [-0.2, 0) is 14.8 Å². The van der Waals surface area contributed by atoms with E-state index in [0.29, 0.717) is 5.69 Å². The third-order valence-electron chi connectivity index (χ3n) is 3.31. The zero-order chi connectivity index (χ0) is 15.8. The zero-order valence-electron chi connectivity index (χ0n) is 11.1. The highest BCUT2D eigenvalue weighted by molar-refractivity contribution is 7.89. The molecule has 1 saturated heterocycles. The summed E-state index contributed by atoms with van der Waals surface area (Å²) in [4.78, 5) is 23.4. The largest absolute Gasteiger partial charge is 0.386 e. The molecule has 0 aromatic heterocycles. The molecule has 1 aliphatic heterocycles. The zero-order valence-corrected chi connectivity index (χ0v) is 12.0. The molecule has 9 nitrogen and oxygen atoms in total. The summed E-state index contributed by atoms with van der Waals surface area (Å²) < 4.78 is 22.7. The van der Waals surface area contributed by atoms with Crippen LogP contribution in [0.5, 0.6) is 0 Å². The number of nitrogens with one attached hydrogen (secondary N) is 1. The smallest absolute Gasteiger partial charge is 0.271 e. The number of rotatable bonds is 4. The van der Waals surface area contributed by atoms with Crippen molar-refractivity contribution in [1.29, 1.82) is 0 Å². The summed E-state index contributed by atoms with van der Waals surface area (Å²) in [6, 6.07) is 3.99. The van der Waals surface area contributed by atoms with Crippen molar-refractivity contribution in [2.45, 2.75) is 11.7 Å². The lowest BCUT2D eigenvalue weighted by atomic mass is 10.2. The van der Waals surface area contributed by atoms with Crippen LogP contribution >= 0.6 is 0 Å². The van der Waals surface area contributed by atoms with E-state index in [9.17, 15) is 23.3 Å². The van der Waals surface area contributed by atoms with Crippen molar-refractivity contribution >= 4 is 33.0 Å². The van der Waals surface area contributed by atoms with Gasteiger partial charge in [-0.3, -0.25) is 14.9 Å². The summed E-state index contributed by atoms with van der Waals surface area (Å²) in [5.41, 5.74) is 0.572. The van der Waals surface area contributed by atoms with Crippen molar-refractivity contribution in [2.24, 2.45) is 5.14 Å². The number of hydrogen-bond donors (Lipinski definition) is 2. The van der Waals surface area contributed by atoms with Crippen molar-refractivity contribution in [1.82, 2.24) is 0 Å². The van der Waals surface area contributed by atoms with Crippen LogP contribution in [0.1, 0.15) is 6.42 Å². The van der Waals surface area contributed by atoms with E-state index in [4.69, 9.17) is 5.14 Å². The molecule has 3 N–H and O–H groups in total. The summed E-state index contributed by atoms with van der Waals surface area (Å²) in [5.74, 6) is -0.439. The van der Waals surface area contributed by atoms with Gasteiger partial charge in [0, 0.05) is 32.1 Å². The van der Waals surface area contributed by atoms with Gasteiger partial charge in [0.15, 0.2) is 0 Å². The van der Waals surface area contributed by atoms with Crippen LogP contribution in [0.3, 0.4) is 0 Å². The lowest BCUT2D eigenvalue weighted by Crippen LogP contribution is -2.32. The Balaban J connectivity index is 2.43. The molecule has 0 aliphatic carbocycles. The number of nitro groups is 1. The minimum Gasteiger partial charge on any atom is -0.386 e. The van der Waals surface area contributed by atoms with E-state index in [1.807, 2.05) is 0 Å². The highest BCUT2D eigenvalue weighted by Gasteiger charge is 2.38. The molecule has 10 heteroatoms. The predicted molar refractivity (Wildman–Crippen MR) is 76.5 cm³/mol. The molecule has 1 aromatic carbocycles. The molecular formula is C11H14N4O5S. The molecule has 1 aliphatic rings. The van der Waals surface area contributed by atoms with E-state index in [-0.39, 0.29) is 24.3 Å². The molecule has 1 amide bonds. The first kappa shape index (κ1) is 15.2. The molecule has 1 fully saturated rings. The van der Waals surface area contributed by atoms with E-state index in [0.717, 1.165) is 0 Å². The molecule has 21 heavy (non-hydrogen) atoms. The molecular weight excluding hydrogens is 300 g/mol. The van der Waals surface area contributed by atoms with E-state index in [2.05, 4.69) is 5.32 Å². The van der Waals surface area contributed by atoms with Gasteiger partial charge in [-0.25, -0.2) is 13.6 Å². The maximum atomic E-state index is 12.0. The first-order valence-corrected chi connectivity index (χ1v) is 7.63. The lowest BCUT2D eigenvalue weighted by molar-refractivity contribution is -0.384. The van der Waals surface area contributed by atoms with Crippen molar-refractivity contribution in [3.63, 3.8) is 0 Å². The normalized spacial score (nSPS) is 18.9. The summed E-state index contributed by atoms with van der Waals surface area (Å²) in [6.45, 7) is -0.118. The number of sulfonamides is 1. The summed E-state index contributed by atoms with van der Waals surface area (Å²) in [7, 11) is -2.24. The van der Waals surface area contributed by atoms with Crippen LogP contribution in [0.15, 0.2) is 18.2 Å². The summed E-state index contributed by atoms with van der Waals surface area (Å²) in [5, 5.41) is 17.7. The van der Waals surface area contributed by atoms with Gasteiger partial charge in [0.25, 0.3) is 5.69 Å². The summed E-state index contributed by atoms with van der Waals surface area (Å²) >= 11 is 0. The molecule has 0 saturated carbocycles. The topological polar surface area (TPSA) is 136 Å². The van der Waals surface area contributed by atoms with Crippen LogP contribution in [0, 0.1) is 10.1 Å². The Morgan fingerprint density at radius 1 is 1.48 bits per heavy atom. The van der Waals surface area contributed by atoms with Crippen LogP contribution < -0.4 is 15.4 Å². The minimum atomic E-state index is -3.84. The first-order valence-electron chi connectivity index (χ1n) is 6.02. The van der Waals surface area contributed by atoms with Crippen LogP contribution in [0.2, 0.25) is 0 Å². The van der Waals surface area contributed by atoms with Crippen molar-refractivity contribution < 1.29 is 18.1 Å². The first-order chi connectivity index (χ1) is 9.74. The van der Waals surface area contributed by atoms with Crippen LogP contribution in [0.4, 0.5) is 17.1 Å². The van der Waals surface area contributed by atoms with Gasteiger partial charge in [0.1, 0.15) is 5.25 Å². The second-order valence-corrected chi connectivity index (χ2v) is 6.47. The Kier molecular flexibility index (Phi) is 3.83. The van der Waals surface area contributed by atoms with Gasteiger partial charge in [-0.05, 0) is 6.07 Å². The van der Waals surface area contributed by atoms with Gasteiger partial charge < -0.3 is 10.2 Å². The number of nitro benzene ring substituents is 1. The third kappa shape index (κ3) is 2.95. The molecule has 1 heterocycles. The standard InChI is InChI=1S/C11H14N4O5S/c1-13-9-3-2-7(15(17)18)4-10(9)14-6-8(5-11(14)16)21(12,19)20/h2-4,8,13H,5-6H2,1H3,(H2,12,19,20).